The molecule has 268 valence electrons. The minimum absolute atomic E-state index is 1.21. The number of hydrogen-bond donors (Lipinski definition) is 0. The monoisotopic (exact) mass is 732 g/mol. The van der Waals surface area contributed by atoms with Crippen molar-refractivity contribution in [1.29, 1.82) is 0 Å². The number of rotatable bonds is 5. The van der Waals surface area contributed by atoms with Crippen LogP contribution in [0.15, 0.2) is 218 Å². The zero-order chi connectivity index (χ0) is 38.2. The minimum atomic E-state index is 1.21. The fraction of sp³-hybridized carbons (Fsp3) is 0. The minimum Gasteiger partial charge on any atom is -0.0622 e. The second-order valence-electron chi connectivity index (χ2n) is 15.5. The Morgan fingerprint density at radius 2 is 0.552 bits per heavy atom. The summed E-state index contributed by atoms with van der Waals surface area (Å²) in [4.78, 5) is 0. The van der Waals surface area contributed by atoms with Gasteiger partial charge in [-0.1, -0.05) is 206 Å². The van der Waals surface area contributed by atoms with Crippen molar-refractivity contribution < 1.29 is 0 Å². The Morgan fingerprint density at radius 1 is 0.190 bits per heavy atom. The molecule has 0 aromatic heterocycles. The van der Waals surface area contributed by atoms with Crippen LogP contribution in [0.3, 0.4) is 0 Å². The van der Waals surface area contributed by atoms with Crippen molar-refractivity contribution >= 4 is 43.1 Å². The van der Waals surface area contributed by atoms with Gasteiger partial charge in [0.2, 0.25) is 0 Å². The number of hydrogen-bond acceptors (Lipinski definition) is 0. The van der Waals surface area contributed by atoms with Gasteiger partial charge in [-0.05, 0) is 133 Å². The summed E-state index contributed by atoms with van der Waals surface area (Å²) in [5.74, 6) is 0. The fourth-order valence-electron chi connectivity index (χ4n) is 9.97. The molecule has 0 nitrogen and oxygen atoms in total. The van der Waals surface area contributed by atoms with Gasteiger partial charge in [-0.15, -0.1) is 0 Å². The van der Waals surface area contributed by atoms with E-state index in [-0.39, 0.29) is 0 Å². The fourth-order valence-corrected chi connectivity index (χ4v) is 9.97. The smallest absolute Gasteiger partial charge is 0.000720 e. The number of fused-ring (bicyclic) bond motifs is 6. The largest absolute Gasteiger partial charge is 0.0622 e. The van der Waals surface area contributed by atoms with Crippen molar-refractivity contribution in [2.24, 2.45) is 0 Å². The molecule has 0 aliphatic heterocycles. The standard InChI is InChI=1S/C58H36/c1-4-17-38(18-5-1)52-44-24-10-12-26-46(44)53(47-27-13-11-25-45(47)52)41-33-31-37(32-34-41)43-35-42-23-16-30-50-54(42)51(36-43)58-56(40-21-8-3-9-22-40)49-29-15-14-28-48(49)55(57(50)58)39-19-6-2-7-20-39/h1-36H. The summed E-state index contributed by atoms with van der Waals surface area (Å²) in [6.45, 7) is 0. The lowest BCUT2D eigenvalue weighted by Crippen LogP contribution is -1.93. The molecular formula is C58H36. The molecule has 0 spiro atoms. The third-order valence-electron chi connectivity index (χ3n) is 12.4. The van der Waals surface area contributed by atoms with Crippen LogP contribution in [0.2, 0.25) is 0 Å². The van der Waals surface area contributed by atoms with E-state index in [1.54, 1.807) is 0 Å². The van der Waals surface area contributed by atoms with E-state index in [2.05, 4.69) is 218 Å². The van der Waals surface area contributed by atoms with E-state index in [4.69, 9.17) is 0 Å². The summed E-state index contributed by atoms with van der Waals surface area (Å²) in [7, 11) is 0. The molecule has 0 saturated carbocycles. The maximum absolute atomic E-state index is 2.46. The van der Waals surface area contributed by atoms with E-state index in [1.807, 2.05) is 0 Å². The first kappa shape index (κ1) is 32.7. The van der Waals surface area contributed by atoms with Gasteiger partial charge in [-0.25, -0.2) is 0 Å². The van der Waals surface area contributed by atoms with Crippen molar-refractivity contribution in [2.45, 2.75) is 0 Å². The third-order valence-corrected chi connectivity index (χ3v) is 12.4. The zero-order valence-corrected chi connectivity index (χ0v) is 31.8. The van der Waals surface area contributed by atoms with Gasteiger partial charge < -0.3 is 0 Å². The lowest BCUT2D eigenvalue weighted by molar-refractivity contribution is 1.61. The average molecular weight is 733 g/mol. The highest BCUT2D eigenvalue weighted by molar-refractivity contribution is 6.28. The Labute approximate surface area is 337 Å². The van der Waals surface area contributed by atoms with E-state index in [9.17, 15) is 0 Å². The molecule has 58 heavy (non-hydrogen) atoms. The molecule has 0 N–H and O–H groups in total. The van der Waals surface area contributed by atoms with Crippen LogP contribution in [0.1, 0.15) is 0 Å². The molecule has 0 saturated heterocycles. The highest BCUT2D eigenvalue weighted by atomic mass is 14.3. The third kappa shape index (κ3) is 4.89. The molecule has 0 fully saturated rings. The summed E-state index contributed by atoms with van der Waals surface area (Å²) in [6, 6.07) is 80.6. The first-order valence-corrected chi connectivity index (χ1v) is 20.2. The van der Waals surface area contributed by atoms with Crippen molar-refractivity contribution in [3.63, 3.8) is 0 Å². The quantitative estimate of drug-likeness (QED) is 0.155. The van der Waals surface area contributed by atoms with Gasteiger partial charge >= 0.3 is 0 Å². The zero-order valence-electron chi connectivity index (χ0n) is 31.8. The molecule has 0 unspecified atom stereocenters. The predicted molar refractivity (Wildman–Crippen MR) is 248 cm³/mol. The second-order valence-corrected chi connectivity index (χ2v) is 15.5. The Bertz CT molecular complexity index is 3340. The normalized spacial score (nSPS) is 11.8. The first-order valence-electron chi connectivity index (χ1n) is 20.2. The van der Waals surface area contributed by atoms with Crippen LogP contribution >= 0.6 is 0 Å². The highest BCUT2D eigenvalue weighted by Gasteiger charge is 2.31. The van der Waals surface area contributed by atoms with Crippen LogP contribution in [-0.4, -0.2) is 0 Å². The summed E-state index contributed by atoms with van der Waals surface area (Å²) in [5, 5.41) is 10.2. The van der Waals surface area contributed by atoms with Crippen molar-refractivity contribution in [1.82, 2.24) is 0 Å². The van der Waals surface area contributed by atoms with Crippen LogP contribution in [0, 0.1) is 0 Å². The maximum Gasteiger partial charge on any atom is -0.000720 e. The van der Waals surface area contributed by atoms with Gasteiger partial charge in [-0.2, -0.15) is 0 Å². The van der Waals surface area contributed by atoms with E-state index >= 15 is 0 Å². The van der Waals surface area contributed by atoms with Gasteiger partial charge in [0.1, 0.15) is 0 Å². The van der Waals surface area contributed by atoms with E-state index in [0.717, 1.165) is 0 Å². The maximum atomic E-state index is 2.46. The van der Waals surface area contributed by atoms with E-state index < -0.39 is 0 Å². The average Bonchev–Trinajstić information content (AvgIpc) is 3.62. The van der Waals surface area contributed by atoms with E-state index in [0.29, 0.717) is 0 Å². The molecule has 1 aliphatic carbocycles. The van der Waals surface area contributed by atoms with Crippen molar-refractivity contribution in [3.05, 3.63) is 218 Å². The van der Waals surface area contributed by atoms with Gasteiger partial charge in [0, 0.05) is 0 Å². The molecule has 0 bridgehead atoms. The van der Waals surface area contributed by atoms with Crippen LogP contribution in [0.5, 0.6) is 0 Å². The van der Waals surface area contributed by atoms with Gasteiger partial charge in [0.05, 0.1) is 0 Å². The van der Waals surface area contributed by atoms with E-state index in [1.165, 1.54) is 121 Å². The van der Waals surface area contributed by atoms with Crippen molar-refractivity contribution in [3.8, 4) is 77.9 Å². The van der Waals surface area contributed by atoms with Crippen LogP contribution in [0.25, 0.3) is 121 Å². The molecule has 11 aromatic carbocycles. The highest BCUT2D eigenvalue weighted by Crippen LogP contribution is 2.58. The van der Waals surface area contributed by atoms with Gasteiger partial charge in [0.25, 0.3) is 0 Å². The Kier molecular flexibility index (Phi) is 7.33. The van der Waals surface area contributed by atoms with Crippen LogP contribution < -0.4 is 0 Å². The van der Waals surface area contributed by atoms with Crippen LogP contribution in [0.4, 0.5) is 0 Å². The van der Waals surface area contributed by atoms with Crippen LogP contribution in [-0.2, 0) is 0 Å². The molecule has 0 heterocycles. The summed E-state index contributed by atoms with van der Waals surface area (Å²) >= 11 is 0. The van der Waals surface area contributed by atoms with Gasteiger partial charge in [0.15, 0.2) is 0 Å². The molecule has 11 aromatic rings. The molecule has 12 rings (SSSR count). The first-order chi connectivity index (χ1) is 28.8. The molecule has 1 aliphatic rings. The number of benzene rings is 11. The molecule has 0 heteroatoms. The second kappa shape index (κ2) is 13.0. The summed E-state index contributed by atoms with van der Waals surface area (Å²) in [6.07, 6.45) is 0. The molecule has 0 atom stereocenters. The Balaban J connectivity index is 1.08. The summed E-state index contributed by atoms with van der Waals surface area (Å²) < 4.78 is 0. The molecule has 0 amide bonds. The Morgan fingerprint density at radius 3 is 1.02 bits per heavy atom. The SMILES string of the molecule is c1ccc(-c2c3c(c(-c4ccccc4)c4ccccc24)-c2cc(-c4ccc(-c5c6ccccc6c(-c6ccccc6)c6ccccc56)cc4)cc4cccc-3c24)cc1. The van der Waals surface area contributed by atoms with Gasteiger partial charge in [-0.3, -0.25) is 0 Å². The lowest BCUT2D eigenvalue weighted by Gasteiger charge is -2.20. The molecular weight excluding hydrogens is 697 g/mol. The Hall–Kier alpha value is -7.54. The van der Waals surface area contributed by atoms with Crippen molar-refractivity contribution in [2.75, 3.05) is 0 Å². The summed E-state index contributed by atoms with van der Waals surface area (Å²) in [5.41, 5.74) is 17.8. The topological polar surface area (TPSA) is 0 Å². The predicted octanol–water partition coefficient (Wildman–Crippen LogP) is 16.3. The molecule has 0 radical (unpaired) electrons. The lowest BCUT2D eigenvalue weighted by atomic mass is 9.82.